The Hall–Kier alpha value is -0.540. The lowest BCUT2D eigenvalue weighted by molar-refractivity contribution is -0.130. The molecule has 1 aromatic heterocycles. The van der Waals surface area contributed by atoms with E-state index in [1.807, 2.05) is 24.1 Å². The number of halogens is 1. The summed E-state index contributed by atoms with van der Waals surface area (Å²) in [5, 5.41) is 0. The van der Waals surface area contributed by atoms with Crippen LogP contribution in [0, 0.1) is 5.92 Å². The molecule has 0 radical (unpaired) electrons. The van der Waals surface area contributed by atoms with Crippen molar-refractivity contribution in [2.45, 2.75) is 51.5 Å². The first kappa shape index (κ1) is 14.9. The van der Waals surface area contributed by atoms with Crippen molar-refractivity contribution in [2.75, 3.05) is 7.05 Å². The van der Waals surface area contributed by atoms with Gasteiger partial charge in [-0.1, -0.05) is 43.7 Å². The van der Waals surface area contributed by atoms with Gasteiger partial charge in [0.2, 0.25) is 5.91 Å². The highest BCUT2D eigenvalue weighted by Crippen LogP contribution is 2.28. The molecule has 0 spiro atoms. The van der Waals surface area contributed by atoms with Crippen LogP contribution in [0.15, 0.2) is 12.1 Å². The van der Waals surface area contributed by atoms with Gasteiger partial charge in [0.15, 0.2) is 0 Å². The Labute approximate surface area is 124 Å². The number of rotatable bonds is 5. The predicted octanol–water partition coefficient (Wildman–Crippen LogP) is 4.72. The fourth-order valence-corrected chi connectivity index (χ4v) is 3.89. The van der Waals surface area contributed by atoms with E-state index in [0.29, 0.717) is 13.0 Å². The smallest absolute Gasteiger partial charge is 0.222 e. The summed E-state index contributed by atoms with van der Waals surface area (Å²) in [6.07, 6.45) is 8.47. The van der Waals surface area contributed by atoms with Crippen LogP contribution in [0.5, 0.6) is 0 Å². The maximum absolute atomic E-state index is 12.1. The standard InChI is InChI=1S/C15H22ClNOS/c1-17(11-13-8-9-14(16)19-13)15(18)10-7-12-5-3-2-4-6-12/h8-9,12H,2-7,10-11H2,1H3. The van der Waals surface area contributed by atoms with Crippen LogP contribution in [0.25, 0.3) is 0 Å². The van der Waals surface area contributed by atoms with Gasteiger partial charge in [-0.25, -0.2) is 0 Å². The average molecular weight is 300 g/mol. The molecule has 2 nitrogen and oxygen atoms in total. The maximum atomic E-state index is 12.1. The van der Waals surface area contributed by atoms with E-state index in [4.69, 9.17) is 11.6 Å². The van der Waals surface area contributed by atoms with E-state index < -0.39 is 0 Å². The molecule has 19 heavy (non-hydrogen) atoms. The van der Waals surface area contributed by atoms with Crippen molar-refractivity contribution in [3.05, 3.63) is 21.3 Å². The molecule has 1 amide bonds. The van der Waals surface area contributed by atoms with Gasteiger partial charge < -0.3 is 4.90 Å². The Bertz CT molecular complexity index is 412. The first-order valence-corrected chi connectivity index (χ1v) is 8.33. The quantitative estimate of drug-likeness (QED) is 0.770. The number of amides is 1. The van der Waals surface area contributed by atoms with Gasteiger partial charge in [0.05, 0.1) is 10.9 Å². The van der Waals surface area contributed by atoms with Crippen LogP contribution in [0.3, 0.4) is 0 Å². The third-order valence-corrected chi connectivity index (χ3v) is 5.15. The number of hydrogen-bond acceptors (Lipinski definition) is 2. The first-order valence-electron chi connectivity index (χ1n) is 7.13. The van der Waals surface area contributed by atoms with E-state index in [9.17, 15) is 4.79 Å². The van der Waals surface area contributed by atoms with Crippen molar-refractivity contribution < 1.29 is 4.79 Å². The fourth-order valence-electron chi connectivity index (χ4n) is 2.75. The van der Waals surface area contributed by atoms with Crippen molar-refractivity contribution in [1.29, 1.82) is 0 Å². The minimum absolute atomic E-state index is 0.259. The van der Waals surface area contributed by atoms with Gasteiger partial charge in [-0.3, -0.25) is 4.79 Å². The van der Waals surface area contributed by atoms with Crippen LogP contribution in [-0.2, 0) is 11.3 Å². The highest BCUT2D eigenvalue weighted by Gasteiger charge is 2.16. The summed E-state index contributed by atoms with van der Waals surface area (Å²) in [5.74, 6) is 1.04. The minimum atomic E-state index is 0.259. The molecule has 0 N–H and O–H groups in total. The van der Waals surface area contributed by atoms with Gasteiger partial charge in [-0.05, 0) is 24.5 Å². The van der Waals surface area contributed by atoms with Crippen LogP contribution >= 0.6 is 22.9 Å². The second-order valence-corrected chi connectivity index (χ2v) is 7.30. The Balaban J connectivity index is 1.72. The Morgan fingerprint density at radius 3 is 2.74 bits per heavy atom. The third-order valence-electron chi connectivity index (χ3n) is 3.94. The second-order valence-electron chi connectivity index (χ2n) is 5.50. The monoisotopic (exact) mass is 299 g/mol. The highest BCUT2D eigenvalue weighted by atomic mass is 35.5. The molecule has 1 aliphatic rings. The Kier molecular flexibility index (Phi) is 5.71. The van der Waals surface area contributed by atoms with Crippen molar-refractivity contribution in [1.82, 2.24) is 4.90 Å². The maximum Gasteiger partial charge on any atom is 0.222 e. The van der Waals surface area contributed by atoms with Gasteiger partial charge in [0.1, 0.15) is 0 Å². The van der Waals surface area contributed by atoms with Gasteiger partial charge in [-0.2, -0.15) is 0 Å². The van der Waals surface area contributed by atoms with E-state index >= 15 is 0 Å². The van der Waals surface area contributed by atoms with Crippen LogP contribution < -0.4 is 0 Å². The molecule has 0 unspecified atom stereocenters. The van der Waals surface area contributed by atoms with E-state index in [1.54, 1.807) is 11.3 Å². The van der Waals surface area contributed by atoms with Gasteiger partial charge in [-0.15, -0.1) is 11.3 Å². The molecule has 1 saturated carbocycles. The molecule has 1 heterocycles. The summed E-state index contributed by atoms with van der Waals surface area (Å²) in [6.45, 7) is 0.681. The summed E-state index contributed by atoms with van der Waals surface area (Å²) in [6, 6.07) is 3.89. The van der Waals surface area contributed by atoms with E-state index in [0.717, 1.165) is 21.6 Å². The molecular formula is C15H22ClNOS. The first-order chi connectivity index (χ1) is 9.15. The average Bonchev–Trinajstić information content (AvgIpc) is 2.82. The number of thiophene rings is 1. The minimum Gasteiger partial charge on any atom is -0.341 e. The molecule has 1 aromatic rings. The van der Waals surface area contributed by atoms with Crippen molar-refractivity contribution in [3.8, 4) is 0 Å². The van der Waals surface area contributed by atoms with Gasteiger partial charge in [0, 0.05) is 18.3 Å². The van der Waals surface area contributed by atoms with Crippen molar-refractivity contribution in [2.24, 2.45) is 5.92 Å². The topological polar surface area (TPSA) is 20.3 Å². The number of carbonyl (C=O) groups excluding carboxylic acids is 1. The van der Waals surface area contributed by atoms with E-state index in [-0.39, 0.29) is 5.91 Å². The van der Waals surface area contributed by atoms with Crippen LogP contribution in [0.1, 0.15) is 49.8 Å². The molecular weight excluding hydrogens is 278 g/mol. The molecule has 0 bridgehead atoms. The van der Waals surface area contributed by atoms with Crippen LogP contribution in [-0.4, -0.2) is 17.9 Å². The lowest BCUT2D eigenvalue weighted by Crippen LogP contribution is -2.26. The normalized spacial score (nSPS) is 16.5. The molecule has 0 aliphatic heterocycles. The van der Waals surface area contributed by atoms with Gasteiger partial charge >= 0.3 is 0 Å². The zero-order valence-corrected chi connectivity index (χ0v) is 13.1. The molecule has 0 saturated heterocycles. The lowest BCUT2D eigenvalue weighted by Gasteiger charge is -2.22. The molecule has 0 aromatic carbocycles. The van der Waals surface area contributed by atoms with Gasteiger partial charge in [0.25, 0.3) is 0 Å². The van der Waals surface area contributed by atoms with E-state index in [2.05, 4.69) is 0 Å². The summed E-state index contributed by atoms with van der Waals surface area (Å²) in [7, 11) is 1.89. The lowest BCUT2D eigenvalue weighted by atomic mass is 9.86. The zero-order valence-electron chi connectivity index (χ0n) is 11.5. The molecule has 4 heteroatoms. The summed E-state index contributed by atoms with van der Waals surface area (Å²) in [5.41, 5.74) is 0. The SMILES string of the molecule is CN(Cc1ccc(Cl)s1)C(=O)CCC1CCCCC1. The van der Waals surface area contributed by atoms with Crippen LogP contribution in [0.2, 0.25) is 4.34 Å². The summed E-state index contributed by atoms with van der Waals surface area (Å²) < 4.78 is 0.790. The van der Waals surface area contributed by atoms with E-state index in [1.165, 1.54) is 32.1 Å². The third kappa shape index (κ3) is 4.81. The fraction of sp³-hybridized carbons (Fsp3) is 0.667. The summed E-state index contributed by atoms with van der Waals surface area (Å²) >= 11 is 7.45. The molecule has 1 fully saturated rings. The molecule has 106 valence electrons. The Morgan fingerprint density at radius 1 is 1.37 bits per heavy atom. The highest BCUT2D eigenvalue weighted by molar-refractivity contribution is 7.16. The number of nitrogens with zero attached hydrogens (tertiary/aromatic N) is 1. The predicted molar refractivity (Wildman–Crippen MR) is 81.6 cm³/mol. The van der Waals surface area contributed by atoms with Crippen LogP contribution in [0.4, 0.5) is 0 Å². The van der Waals surface area contributed by atoms with Crippen molar-refractivity contribution >= 4 is 28.8 Å². The number of hydrogen-bond donors (Lipinski definition) is 0. The van der Waals surface area contributed by atoms with Crippen molar-refractivity contribution in [3.63, 3.8) is 0 Å². The second kappa shape index (κ2) is 7.30. The Morgan fingerprint density at radius 2 is 2.11 bits per heavy atom. The molecule has 0 atom stereocenters. The molecule has 1 aliphatic carbocycles. The zero-order chi connectivity index (χ0) is 13.7. The molecule has 2 rings (SSSR count). The summed E-state index contributed by atoms with van der Waals surface area (Å²) in [4.78, 5) is 15.1. The largest absolute Gasteiger partial charge is 0.341 e. The number of carbonyl (C=O) groups is 1.